The third-order valence-electron chi connectivity index (χ3n) is 3.57. The fraction of sp³-hybridized carbons (Fsp3) is 0.500. The van der Waals surface area contributed by atoms with Crippen molar-refractivity contribution < 1.29 is 10.3 Å². The predicted octanol–water partition coefficient (Wildman–Crippen LogP) is 1.85. The van der Waals surface area contributed by atoms with E-state index >= 15 is 0 Å². The lowest BCUT2D eigenvalue weighted by Gasteiger charge is -2.28. The summed E-state index contributed by atoms with van der Waals surface area (Å²) in [6.45, 7) is 3.08. The Kier molecular flexibility index (Phi) is 5.14. The normalized spacial score (nSPS) is 19.6. The average molecular weight is 295 g/mol. The van der Waals surface area contributed by atoms with E-state index in [1.165, 1.54) is 0 Å². The lowest BCUT2D eigenvalue weighted by atomic mass is 10.1. The van der Waals surface area contributed by atoms with Gasteiger partial charge < -0.3 is 20.9 Å². The number of oxime groups is 1. The first kappa shape index (κ1) is 15.0. The SMILES string of the molecule is CCSc1cccc(N2CCCC2CO)c1/C(N)=N/O. The average Bonchev–Trinajstić information content (AvgIpc) is 2.95. The van der Waals surface area contributed by atoms with Gasteiger partial charge in [0.15, 0.2) is 5.84 Å². The highest BCUT2D eigenvalue weighted by molar-refractivity contribution is 7.99. The van der Waals surface area contributed by atoms with Crippen molar-refractivity contribution in [2.24, 2.45) is 10.9 Å². The van der Waals surface area contributed by atoms with E-state index in [0.29, 0.717) is 0 Å². The van der Waals surface area contributed by atoms with Crippen molar-refractivity contribution in [3.63, 3.8) is 0 Å². The summed E-state index contributed by atoms with van der Waals surface area (Å²) in [4.78, 5) is 3.16. The smallest absolute Gasteiger partial charge is 0.173 e. The number of anilines is 1. The highest BCUT2D eigenvalue weighted by Gasteiger charge is 2.27. The molecule has 0 spiro atoms. The molecule has 1 aromatic carbocycles. The second kappa shape index (κ2) is 6.85. The Labute approximate surface area is 123 Å². The molecule has 1 aromatic rings. The summed E-state index contributed by atoms with van der Waals surface area (Å²) in [6, 6.07) is 6.05. The van der Waals surface area contributed by atoms with Gasteiger partial charge in [-0.3, -0.25) is 0 Å². The molecule has 1 atom stereocenters. The van der Waals surface area contributed by atoms with E-state index in [9.17, 15) is 5.11 Å². The Morgan fingerprint density at radius 1 is 1.55 bits per heavy atom. The molecule has 0 aromatic heterocycles. The van der Waals surface area contributed by atoms with Gasteiger partial charge in [-0.05, 0) is 30.7 Å². The number of hydrogen-bond donors (Lipinski definition) is 3. The van der Waals surface area contributed by atoms with E-state index in [2.05, 4.69) is 17.0 Å². The molecule has 1 aliphatic heterocycles. The van der Waals surface area contributed by atoms with Crippen molar-refractivity contribution in [3.8, 4) is 0 Å². The highest BCUT2D eigenvalue weighted by Crippen LogP contribution is 2.34. The van der Waals surface area contributed by atoms with Crippen LogP contribution in [0.5, 0.6) is 0 Å². The molecule has 5 nitrogen and oxygen atoms in total. The van der Waals surface area contributed by atoms with Crippen LogP contribution in [0.25, 0.3) is 0 Å². The van der Waals surface area contributed by atoms with Crippen LogP contribution in [0.1, 0.15) is 25.3 Å². The predicted molar refractivity (Wildman–Crippen MR) is 82.8 cm³/mol. The monoisotopic (exact) mass is 295 g/mol. The summed E-state index contributed by atoms with van der Waals surface area (Å²) < 4.78 is 0. The van der Waals surface area contributed by atoms with E-state index in [4.69, 9.17) is 10.9 Å². The van der Waals surface area contributed by atoms with Crippen LogP contribution in [0.3, 0.4) is 0 Å². The number of amidine groups is 1. The van der Waals surface area contributed by atoms with Gasteiger partial charge in [-0.2, -0.15) is 0 Å². The molecule has 0 saturated carbocycles. The summed E-state index contributed by atoms with van der Waals surface area (Å²) >= 11 is 1.67. The Morgan fingerprint density at radius 3 is 3.00 bits per heavy atom. The maximum atomic E-state index is 9.50. The standard InChI is InChI=1S/C14H21N3O2S/c1-2-20-12-7-3-6-11(13(12)14(15)16-19)17-8-4-5-10(17)9-18/h3,6-7,10,18-19H,2,4-5,8-9H2,1H3,(H2,15,16). The van der Waals surface area contributed by atoms with Gasteiger partial charge in [0.05, 0.1) is 18.2 Å². The zero-order valence-corrected chi connectivity index (χ0v) is 12.4. The number of rotatable bonds is 5. The van der Waals surface area contributed by atoms with Gasteiger partial charge in [-0.15, -0.1) is 11.8 Å². The number of nitrogens with two attached hydrogens (primary N) is 1. The summed E-state index contributed by atoms with van der Waals surface area (Å²) in [6.07, 6.45) is 2.02. The fourth-order valence-corrected chi connectivity index (χ4v) is 3.52. The number of nitrogens with zero attached hydrogens (tertiary/aromatic N) is 2. The third kappa shape index (κ3) is 2.86. The molecule has 1 aliphatic rings. The third-order valence-corrected chi connectivity index (χ3v) is 4.51. The molecule has 6 heteroatoms. The maximum Gasteiger partial charge on any atom is 0.173 e. The summed E-state index contributed by atoms with van der Waals surface area (Å²) in [5, 5.41) is 21.7. The fourth-order valence-electron chi connectivity index (χ4n) is 2.68. The quantitative estimate of drug-likeness (QED) is 0.254. The van der Waals surface area contributed by atoms with Crippen molar-refractivity contribution in [2.75, 3.05) is 23.8 Å². The van der Waals surface area contributed by atoms with Crippen LogP contribution in [0, 0.1) is 0 Å². The minimum absolute atomic E-state index is 0.113. The zero-order valence-electron chi connectivity index (χ0n) is 11.6. The van der Waals surface area contributed by atoms with Crippen molar-refractivity contribution in [3.05, 3.63) is 23.8 Å². The molecule has 0 aliphatic carbocycles. The Hall–Kier alpha value is -1.40. The zero-order chi connectivity index (χ0) is 14.5. The van der Waals surface area contributed by atoms with Crippen LogP contribution in [0.2, 0.25) is 0 Å². The number of aliphatic hydroxyl groups is 1. The number of thioether (sulfide) groups is 1. The molecule has 2 rings (SSSR count). The Morgan fingerprint density at radius 2 is 2.35 bits per heavy atom. The molecule has 1 fully saturated rings. The molecule has 1 unspecified atom stereocenters. The second-order valence-corrected chi connectivity index (χ2v) is 6.05. The lowest BCUT2D eigenvalue weighted by Crippen LogP contribution is -2.34. The highest BCUT2D eigenvalue weighted by atomic mass is 32.2. The van der Waals surface area contributed by atoms with Crippen LogP contribution in [-0.4, -0.2) is 41.1 Å². The molecule has 20 heavy (non-hydrogen) atoms. The first-order chi connectivity index (χ1) is 9.72. The van der Waals surface area contributed by atoms with Crippen molar-refractivity contribution in [1.29, 1.82) is 0 Å². The van der Waals surface area contributed by atoms with Gasteiger partial charge in [-0.25, -0.2) is 0 Å². The molecular formula is C14H21N3O2S. The minimum atomic E-state index is 0.113. The van der Waals surface area contributed by atoms with E-state index in [1.54, 1.807) is 11.8 Å². The van der Waals surface area contributed by atoms with Crippen LogP contribution in [-0.2, 0) is 0 Å². The van der Waals surface area contributed by atoms with Gasteiger partial charge in [0.25, 0.3) is 0 Å². The topological polar surface area (TPSA) is 82.1 Å². The lowest BCUT2D eigenvalue weighted by molar-refractivity contribution is 0.266. The summed E-state index contributed by atoms with van der Waals surface area (Å²) in [5.41, 5.74) is 7.58. The van der Waals surface area contributed by atoms with Gasteiger partial charge in [0.1, 0.15) is 0 Å². The molecule has 0 amide bonds. The first-order valence-corrected chi connectivity index (χ1v) is 7.82. The molecule has 0 radical (unpaired) electrons. The van der Waals surface area contributed by atoms with Gasteiger partial charge in [-0.1, -0.05) is 18.1 Å². The van der Waals surface area contributed by atoms with Crippen molar-refractivity contribution >= 4 is 23.3 Å². The summed E-state index contributed by atoms with van der Waals surface area (Å²) in [7, 11) is 0. The van der Waals surface area contributed by atoms with Crippen LogP contribution in [0.15, 0.2) is 28.3 Å². The van der Waals surface area contributed by atoms with Crippen molar-refractivity contribution in [2.45, 2.75) is 30.7 Å². The minimum Gasteiger partial charge on any atom is -0.409 e. The van der Waals surface area contributed by atoms with Gasteiger partial charge in [0, 0.05) is 17.1 Å². The molecule has 1 saturated heterocycles. The van der Waals surface area contributed by atoms with Crippen LogP contribution < -0.4 is 10.6 Å². The second-order valence-electron chi connectivity index (χ2n) is 4.74. The molecular weight excluding hydrogens is 274 g/mol. The van der Waals surface area contributed by atoms with Crippen LogP contribution in [0.4, 0.5) is 5.69 Å². The number of aliphatic hydroxyl groups excluding tert-OH is 1. The molecule has 0 bridgehead atoms. The van der Waals surface area contributed by atoms with E-state index < -0.39 is 0 Å². The van der Waals surface area contributed by atoms with Gasteiger partial charge >= 0.3 is 0 Å². The number of benzene rings is 1. The van der Waals surface area contributed by atoms with E-state index in [-0.39, 0.29) is 18.5 Å². The Bertz CT molecular complexity index is 493. The molecule has 4 N–H and O–H groups in total. The van der Waals surface area contributed by atoms with Crippen molar-refractivity contribution in [1.82, 2.24) is 0 Å². The molecule has 1 heterocycles. The van der Waals surface area contributed by atoms with Gasteiger partial charge in [0.2, 0.25) is 0 Å². The summed E-state index contributed by atoms with van der Waals surface area (Å²) in [5.74, 6) is 1.04. The maximum absolute atomic E-state index is 9.50. The molecule has 110 valence electrons. The first-order valence-electron chi connectivity index (χ1n) is 6.84. The van der Waals surface area contributed by atoms with E-state index in [0.717, 1.165) is 41.3 Å². The Balaban J connectivity index is 2.48. The largest absolute Gasteiger partial charge is 0.409 e. The van der Waals surface area contributed by atoms with E-state index in [1.807, 2.05) is 18.2 Å². The van der Waals surface area contributed by atoms with Crippen LogP contribution >= 0.6 is 11.8 Å². The number of hydrogen-bond acceptors (Lipinski definition) is 5.